The topological polar surface area (TPSA) is 32.5 Å². The van der Waals surface area contributed by atoms with Crippen LogP contribution in [0, 0.1) is 6.92 Å². The minimum absolute atomic E-state index is 0.884. The first-order valence-corrected chi connectivity index (χ1v) is 7.81. The van der Waals surface area contributed by atoms with Gasteiger partial charge in [0.05, 0.1) is 5.69 Å². The summed E-state index contributed by atoms with van der Waals surface area (Å²) in [6.07, 6.45) is 0. The molecular weight excluding hydrogens is 302 g/mol. The number of likely N-dealkylation sites (N-methyl/N-ethyl adjacent to an activating group) is 1. The molecule has 108 valence electrons. The van der Waals surface area contributed by atoms with Crippen LogP contribution in [0.2, 0.25) is 0 Å². The number of anilines is 1. The number of rotatable bonds is 2. The number of nitrogens with zero attached hydrogens (tertiary/aromatic N) is 2. The minimum Gasteiger partial charge on any atom is -0.398 e. The summed E-state index contributed by atoms with van der Waals surface area (Å²) in [5, 5.41) is 0. The number of nitrogen functional groups attached to an aromatic ring is 1. The lowest BCUT2D eigenvalue weighted by Gasteiger charge is -2.32. The van der Waals surface area contributed by atoms with Crippen LogP contribution in [-0.2, 0) is 6.54 Å². The highest BCUT2D eigenvalue weighted by molar-refractivity contribution is 9.10. The van der Waals surface area contributed by atoms with Gasteiger partial charge in [0.15, 0.2) is 0 Å². The lowest BCUT2D eigenvalue weighted by molar-refractivity contribution is 0.148. The van der Waals surface area contributed by atoms with E-state index >= 15 is 0 Å². The summed E-state index contributed by atoms with van der Waals surface area (Å²) in [4.78, 5) is 4.84. The van der Waals surface area contributed by atoms with Gasteiger partial charge in [0.2, 0.25) is 0 Å². The first-order chi connectivity index (χ1) is 9.06. The Morgan fingerprint density at radius 2 is 1.74 bits per heavy atom. The van der Waals surface area contributed by atoms with Gasteiger partial charge >= 0.3 is 0 Å². The van der Waals surface area contributed by atoms with Gasteiger partial charge in [-0.1, -0.05) is 19.9 Å². The van der Waals surface area contributed by atoms with Crippen LogP contribution < -0.4 is 5.73 Å². The summed E-state index contributed by atoms with van der Waals surface area (Å²) in [6, 6.07) is 4.27. The molecule has 0 atom stereocenters. The lowest BCUT2D eigenvalue weighted by Crippen LogP contribution is -2.43. The van der Waals surface area contributed by atoms with Crippen LogP contribution in [0.4, 0.5) is 5.69 Å². The fourth-order valence-corrected chi connectivity index (χ4v) is 2.82. The molecule has 0 saturated carbocycles. The Morgan fingerprint density at radius 1 is 1.16 bits per heavy atom. The van der Waals surface area contributed by atoms with Crippen molar-refractivity contribution in [2.45, 2.75) is 27.3 Å². The highest BCUT2D eigenvalue weighted by atomic mass is 79.9. The molecule has 19 heavy (non-hydrogen) atoms. The van der Waals surface area contributed by atoms with Crippen molar-refractivity contribution in [1.29, 1.82) is 0 Å². The standard InChI is InChI=1S/C13H20BrN3.C2H6/c1-10-7-11(13(15)12(14)8-10)9-17-5-3-16(2)4-6-17;1-2/h7-8H,3-6,9,15H2,1-2H3;1-2H3. The monoisotopic (exact) mass is 327 g/mol. The van der Waals surface area contributed by atoms with E-state index in [0.29, 0.717) is 0 Å². The number of piperazine rings is 1. The quantitative estimate of drug-likeness (QED) is 0.847. The van der Waals surface area contributed by atoms with E-state index in [-0.39, 0.29) is 0 Å². The zero-order chi connectivity index (χ0) is 14.4. The first-order valence-electron chi connectivity index (χ1n) is 7.01. The second-order valence-corrected chi connectivity index (χ2v) is 5.75. The molecule has 0 amide bonds. The molecule has 1 saturated heterocycles. The summed E-state index contributed by atoms with van der Waals surface area (Å²) in [6.45, 7) is 11.6. The molecule has 0 aromatic heterocycles. The average molecular weight is 328 g/mol. The summed E-state index contributed by atoms with van der Waals surface area (Å²) in [5.74, 6) is 0. The molecule has 1 aromatic carbocycles. The normalized spacial score (nSPS) is 16.9. The van der Waals surface area contributed by atoms with Crippen LogP contribution in [0.1, 0.15) is 25.0 Å². The lowest BCUT2D eigenvalue weighted by atomic mass is 10.1. The van der Waals surface area contributed by atoms with Gasteiger partial charge in [-0.3, -0.25) is 4.90 Å². The maximum absolute atomic E-state index is 6.11. The van der Waals surface area contributed by atoms with Crippen LogP contribution in [-0.4, -0.2) is 43.0 Å². The molecule has 0 unspecified atom stereocenters. The fraction of sp³-hybridized carbons (Fsp3) is 0.600. The van der Waals surface area contributed by atoms with Gasteiger partial charge in [-0.2, -0.15) is 0 Å². The molecule has 4 heteroatoms. The Morgan fingerprint density at radius 3 is 2.32 bits per heavy atom. The van der Waals surface area contributed by atoms with Crippen molar-refractivity contribution in [3.05, 3.63) is 27.7 Å². The molecule has 2 N–H and O–H groups in total. The van der Waals surface area contributed by atoms with E-state index in [1.807, 2.05) is 13.8 Å². The molecule has 0 aliphatic carbocycles. The van der Waals surface area contributed by atoms with Gasteiger partial charge in [-0.15, -0.1) is 0 Å². The number of hydrogen-bond donors (Lipinski definition) is 1. The van der Waals surface area contributed by atoms with Crippen molar-refractivity contribution < 1.29 is 0 Å². The van der Waals surface area contributed by atoms with E-state index in [4.69, 9.17) is 5.73 Å². The fourth-order valence-electron chi connectivity index (χ4n) is 2.20. The number of halogens is 1. The number of aryl methyl sites for hydroxylation is 1. The molecule has 0 radical (unpaired) electrons. The average Bonchev–Trinajstić information content (AvgIpc) is 2.40. The molecule has 2 rings (SSSR count). The SMILES string of the molecule is CC.Cc1cc(Br)c(N)c(CN2CCN(C)CC2)c1. The predicted octanol–water partition coefficient (Wildman–Crippen LogP) is 3.11. The van der Waals surface area contributed by atoms with Crippen LogP contribution in [0.5, 0.6) is 0 Å². The number of benzene rings is 1. The van der Waals surface area contributed by atoms with E-state index in [2.05, 4.69) is 51.8 Å². The summed E-state index contributed by atoms with van der Waals surface area (Å²) < 4.78 is 1.02. The van der Waals surface area contributed by atoms with Gasteiger partial charge in [0, 0.05) is 37.2 Å². The number of nitrogens with two attached hydrogens (primary N) is 1. The second-order valence-electron chi connectivity index (χ2n) is 4.90. The van der Waals surface area contributed by atoms with E-state index in [9.17, 15) is 0 Å². The first kappa shape index (κ1) is 16.5. The zero-order valence-electron chi connectivity index (χ0n) is 12.5. The maximum atomic E-state index is 6.11. The van der Waals surface area contributed by atoms with Crippen molar-refractivity contribution in [3.8, 4) is 0 Å². The third kappa shape index (κ3) is 4.79. The summed E-state index contributed by atoms with van der Waals surface area (Å²) >= 11 is 3.52. The van der Waals surface area contributed by atoms with Crippen molar-refractivity contribution in [3.63, 3.8) is 0 Å². The number of hydrogen-bond acceptors (Lipinski definition) is 3. The third-order valence-electron chi connectivity index (χ3n) is 3.35. The van der Waals surface area contributed by atoms with Gasteiger partial charge in [0.25, 0.3) is 0 Å². The predicted molar refractivity (Wildman–Crippen MR) is 87.4 cm³/mol. The minimum atomic E-state index is 0.884. The Bertz CT molecular complexity index is 399. The van der Waals surface area contributed by atoms with Crippen molar-refractivity contribution >= 4 is 21.6 Å². The Labute approximate surface area is 125 Å². The molecule has 3 nitrogen and oxygen atoms in total. The van der Waals surface area contributed by atoms with Gasteiger partial charge in [-0.25, -0.2) is 0 Å². The van der Waals surface area contributed by atoms with Crippen LogP contribution in [0.25, 0.3) is 0 Å². The molecule has 1 aliphatic rings. The highest BCUT2D eigenvalue weighted by Crippen LogP contribution is 2.26. The van der Waals surface area contributed by atoms with Crippen molar-refractivity contribution in [2.75, 3.05) is 39.0 Å². The van der Waals surface area contributed by atoms with E-state index in [0.717, 1.165) is 42.9 Å². The second kappa shape index (κ2) is 7.88. The van der Waals surface area contributed by atoms with E-state index in [1.165, 1.54) is 11.1 Å². The molecule has 1 aromatic rings. The Hall–Kier alpha value is -0.580. The van der Waals surface area contributed by atoms with Gasteiger partial charge < -0.3 is 10.6 Å². The van der Waals surface area contributed by atoms with E-state index < -0.39 is 0 Å². The van der Waals surface area contributed by atoms with E-state index in [1.54, 1.807) is 0 Å². The molecular formula is C15H26BrN3. The third-order valence-corrected chi connectivity index (χ3v) is 4.01. The van der Waals surface area contributed by atoms with Gasteiger partial charge in [0.1, 0.15) is 0 Å². The molecule has 0 bridgehead atoms. The Balaban J connectivity index is 0.000000861. The maximum Gasteiger partial charge on any atom is 0.0504 e. The van der Waals surface area contributed by atoms with Crippen molar-refractivity contribution in [2.24, 2.45) is 0 Å². The van der Waals surface area contributed by atoms with Gasteiger partial charge in [-0.05, 0) is 47.1 Å². The highest BCUT2D eigenvalue weighted by Gasteiger charge is 2.15. The molecule has 1 heterocycles. The molecule has 1 aliphatic heterocycles. The van der Waals surface area contributed by atoms with Crippen LogP contribution in [0.15, 0.2) is 16.6 Å². The summed E-state index contributed by atoms with van der Waals surface area (Å²) in [5.41, 5.74) is 9.49. The Kier molecular flexibility index (Phi) is 6.83. The summed E-state index contributed by atoms with van der Waals surface area (Å²) in [7, 11) is 2.18. The van der Waals surface area contributed by atoms with Crippen LogP contribution >= 0.6 is 15.9 Å². The largest absolute Gasteiger partial charge is 0.398 e. The molecule has 0 spiro atoms. The molecule has 1 fully saturated rings. The zero-order valence-corrected chi connectivity index (χ0v) is 14.1. The van der Waals surface area contributed by atoms with Crippen molar-refractivity contribution in [1.82, 2.24) is 9.80 Å². The van der Waals surface area contributed by atoms with Crippen LogP contribution in [0.3, 0.4) is 0 Å². The smallest absolute Gasteiger partial charge is 0.0504 e.